The molecule has 0 N–H and O–H groups in total. The van der Waals surface area contributed by atoms with Crippen LogP contribution in [0.4, 0.5) is 0 Å². The van der Waals surface area contributed by atoms with Gasteiger partial charge in [-0.25, -0.2) is 0 Å². The summed E-state index contributed by atoms with van der Waals surface area (Å²) in [5.74, 6) is 2.52. The highest BCUT2D eigenvalue weighted by Gasteiger charge is 2.34. The van der Waals surface area contributed by atoms with Crippen molar-refractivity contribution in [1.29, 1.82) is 0 Å². The molecule has 0 radical (unpaired) electrons. The number of fused-ring (bicyclic) bond motifs is 1. The lowest BCUT2D eigenvalue weighted by Gasteiger charge is -2.16. The Balaban J connectivity index is 1.29. The highest BCUT2D eigenvalue weighted by molar-refractivity contribution is 5.79. The van der Waals surface area contributed by atoms with E-state index in [2.05, 4.69) is 10.1 Å². The van der Waals surface area contributed by atoms with Gasteiger partial charge in [0.25, 0.3) is 0 Å². The van der Waals surface area contributed by atoms with E-state index >= 15 is 0 Å². The van der Waals surface area contributed by atoms with E-state index in [-0.39, 0.29) is 18.6 Å². The highest BCUT2D eigenvalue weighted by Crippen LogP contribution is 2.34. The van der Waals surface area contributed by atoms with Crippen molar-refractivity contribution in [3.8, 4) is 22.9 Å². The number of nitrogens with zero attached hydrogens (tertiary/aromatic N) is 3. The molecule has 2 aliphatic rings. The van der Waals surface area contributed by atoms with Crippen molar-refractivity contribution in [3.63, 3.8) is 0 Å². The van der Waals surface area contributed by atoms with Gasteiger partial charge in [-0.1, -0.05) is 41.1 Å². The number of benzene rings is 2. The second-order valence-corrected chi connectivity index (χ2v) is 7.19. The van der Waals surface area contributed by atoms with Crippen LogP contribution in [0.3, 0.4) is 0 Å². The Bertz CT molecular complexity index is 1030. The molecule has 0 saturated carbocycles. The minimum atomic E-state index is -0.0896. The molecule has 1 atom stereocenters. The van der Waals surface area contributed by atoms with E-state index in [1.54, 1.807) is 0 Å². The maximum absolute atomic E-state index is 12.5. The quantitative estimate of drug-likeness (QED) is 0.694. The summed E-state index contributed by atoms with van der Waals surface area (Å²) in [5.41, 5.74) is 3.08. The van der Waals surface area contributed by atoms with Gasteiger partial charge in [0.1, 0.15) is 0 Å². The fourth-order valence-corrected chi connectivity index (χ4v) is 3.57. The van der Waals surface area contributed by atoms with Gasteiger partial charge in [0.2, 0.25) is 24.4 Å². The monoisotopic (exact) mass is 377 g/mol. The number of amides is 1. The van der Waals surface area contributed by atoms with E-state index in [4.69, 9.17) is 14.0 Å². The molecule has 2 aliphatic heterocycles. The third kappa shape index (κ3) is 3.09. The molecular weight excluding hydrogens is 358 g/mol. The van der Waals surface area contributed by atoms with Crippen molar-refractivity contribution in [1.82, 2.24) is 15.0 Å². The number of hydrogen-bond donors (Lipinski definition) is 0. The van der Waals surface area contributed by atoms with Crippen molar-refractivity contribution in [2.75, 3.05) is 13.3 Å². The average molecular weight is 377 g/mol. The van der Waals surface area contributed by atoms with Gasteiger partial charge in [0.15, 0.2) is 11.5 Å². The zero-order valence-corrected chi connectivity index (χ0v) is 15.4. The predicted octanol–water partition coefficient (Wildman–Crippen LogP) is 3.29. The molecule has 28 heavy (non-hydrogen) atoms. The summed E-state index contributed by atoms with van der Waals surface area (Å²) in [4.78, 5) is 18.8. The lowest BCUT2D eigenvalue weighted by Crippen LogP contribution is -2.24. The molecule has 0 spiro atoms. The highest BCUT2D eigenvalue weighted by atomic mass is 16.7. The number of likely N-dealkylation sites (tertiary alicyclic amines) is 1. The first kappa shape index (κ1) is 16.8. The summed E-state index contributed by atoms with van der Waals surface area (Å²) in [6.07, 6.45) is 0.375. The van der Waals surface area contributed by atoms with Gasteiger partial charge in [-0.2, -0.15) is 4.98 Å². The zero-order chi connectivity index (χ0) is 19.1. The molecule has 1 aromatic heterocycles. The van der Waals surface area contributed by atoms with Crippen LogP contribution in [0.15, 0.2) is 47.0 Å². The Kier molecular flexibility index (Phi) is 4.00. The van der Waals surface area contributed by atoms with E-state index in [0.717, 1.165) is 22.6 Å². The minimum Gasteiger partial charge on any atom is -0.454 e. The molecule has 1 unspecified atom stereocenters. The van der Waals surface area contributed by atoms with Gasteiger partial charge in [-0.15, -0.1) is 0 Å². The molecule has 1 fully saturated rings. The maximum atomic E-state index is 12.5. The Morgan fingerprint density at radius 3 is 2.79 bits per heavy atom. The molecule has 0 bridgehead atoms. The summed E-state index contributed by atoms with van der Waals surface area (Å²) >= 11 is 0. The largest absolute Gasteiger partial charge is 0.454 e. The van der Waals surface area contributed by atoms with Crippen molar-refractivity contribution in [2.45, 2.75) is 25.8 Å². The van der Waals surface area contributed by atoms with Crippen LogP contribution in [0.5, 0.6) is 11.5 Å². The van der Waals surface area contributed by atoms with Crippen molar-refractivity contribution in [2.24, 2.45) is 0 Å². The summed E-state index contributed by atoms with van der Waals surface area (Å²) in [6.45, 7) is 3.35. The third-order valence-corrected chi connectivity index (χ3v) is 5.13. The molecule has 2 aromatic carbocycles. The summed E-state index contributed by atoms with van der Waals surface area (Å²) in [5, 5.41) is 4.09. The van der Waals surface area contributed by atoms with Crippen LogP contribution in [0, 0.1) is 6.92 Å². The SMILES string of the molecule is Cc1ccc(-c2noc(C3CC(=O)N(Cc4ccc5c(c4)OCO5)C3)n2)cc1. The number of carbonyl (C=O) groups is 1. The van der Waals surface area contributed by atoms with Gasteiger partial charge in [-0.3, -0.25) is 4.79 Å². The molecule has 7 nitrogen and oxygen atoms in total. The van der Waals surface area contributed by atoms with Gasteiger partial charge in [0, 0.05) is 25.1 Å². The molecule has 7 heteroatoms. The van der Waals surface area contributed by atoms with E-state index in [1.165, 1.54) is 5.56 Å². The number of rotatable bonds is 4. The standard InChI is InChI=1S/C21H19N3O4/c1-13-2-5-15(6-3-13)20-22-21(28-23-20)16-9-19(25)24(11-16)10-14-4-7-17-18(8-14)27-12-26-17/h2-8,16H,9-12H2,1H3. The first-order chi connectivity index (χ1) is 13.7. The van der Waals surface area contributed by atoms with E-state index in [9.17, 15) is 4.79 Å². The van der Waals surface area contributed by atoms with Crippen LogP contribution in [-0.4, -0.2) is 34.3 Å². The van der Waals surface area contributed by atoms with Gasteiger partial charge >= 0.3 is 0 Å². The van der Waals surface area contributed by atoms with Crippen LogP contribution in [0.1, 0.15) is 29.4 Å². The lowest BCUT2D eigenvalue weighted by molar-refractivity contribution is -0.128. The third-order valence-electron chi connectivity index (χ3n) is 5.13. The Labute approximate surface area is 161 Å². The molecule has 5 rings (SSSR count). The minimum absolute atomic E-state index is 0.0813. The first-order valence-electron chi connectivity index (χ1n) is 9.22. The topological polar surface area (TPSA) is 77.7 Å². The molecule has 3 aromatic rings. The molecule has 3 heterocycles. The van der Waals surface area contributed by atoms with Crippen LogP contribution in [-0.2, 0) is 11.3 Å². The second-order valence-electron chi connectivity index (χ2n) is 7.19. The van der Waals surface area contributed by atoms with E-state index in [1.807, 2.05) is 54.3 Å². The molecule has 1 saturated heterocycles. The van der Waals surface area contributed by atoms with Crippen LogP contribution in [0.2, 0.25) is 0 Å². The Morgan fingerprint density at radius 2 is 1.93 bits per heavy atom. The fourth-order valence-electron chi connectivity index (χ4n) is 3.57. The van der Waals surface area contributed by atoms with Crippen LogP contribution in [0.25, 0.3) is 11.4 Å². The van der Waals surface area contributed by atoms with E-state index < -0.39 is 0 Å². The summed E-state index contributed by atoms with van der Waals surface area (Å²) < 4.78 is 16.2. The van der Waals surface area contributed by atoms with Crippen molar-refractivity contribution < 1.29 is 18.8 Å². The molecular formula is C21H19N3O4. The smallest absolute Gasteiger partial charge is 0.232 e. The van der Waals surface area contributed by atoms with Crippen LogP contribution >= 0.6 is 0 Å². The number of hydrogen-bond acceptors (Lipinski definition) is 6. The number of aromatic nitrogens is 2. The van der Waals surface area contributed by atoms with Crippen molar-refractivity contribution in [3.05, 3.63) is 59.5 Å². The molecule has 142 valence electrons. The van der Waals surface area contributed by atoms with Crippen LogP contribution < -0.4 is 9.47 Å². The van der Waals surface area contributed by atoms with Gasteiger partial charge in [-0.05, 0) is 24.6 Å². The first-order valence-corrected chi connectivity index (χ1v) is 9.22. The normalized spacial score (nSPS) is 18.1. The molecule has 0 aliphatic carbocycles. The lowest BCUT2D eigenvalue weighted by atomic mass is 10.1. The second kappa shape index (κ2) is 6.67. The average Bonchev–Trinajstić information content (AvgIpc) is 3.42. The number of carbonyl (C=O) groups excluding carboxylic acids is 1. The fraction of sp³-hybridized carbons (Fsp3) is 0.286. The molecule has 1 amide bonds. The van der Waals surface area contributed by atoms with Gasteiger partial charge in [0.05, 0.1) is 5.92 Å². The predicted molar refractivity (Wildman–Crippen MR) is 99.8 cm³/mol. The van der Waals surface area contributed by atoms with Crippen molar-refractivity contribution >= 4 is 5.91 Å². The zero-order valence-electron chi connectivity index (χ0n) is 15.4. The van der Waals surface area contributed by atoms with E-state index in [0.29, 0.717) is 31.2 Å². The summed E-state index contributed by atoms with van der Waals surface area (Å²) in [7, 11) is 0. The Morgan fingerprint density at radius 1 is 1.11 bits per heavy atom. The number of ether oxygens (including phenoxy) is 2. The summed E-state index contributed by atoms with van der Waals surface area (Å²) in [6, 6.07) is 13.7. The van der Waals surface area contributed by atoms with Gasteiger partial charge < -0.3 is 18.9 Å². The maximum Gasteiger partial charge on any atom is 0.232 e. The number of aryl methyl sites for hydroxylation is 1. The Hall–Kier alpha value is -3.35.